The molecule has 0 spiro atoms. The molecule has 5 nitrogen and oxygen atoms in total. The minimum absolute atomic E-state index is 0.000998. The van der Waals surface area contributed by atoms with Crippen LogP contribution >= 0.6 is 11.3 Å². The summed E-state index contributed by atoms with van der Waals surface area (Å²) in [6.07, 6.45) is 0.000998. The van der Waals surface area contributed by atoms with E-state index in [1.54, 1.807) is 16.0 Å². The molecule has 0 amide bonds. The summed E-state index contributed by atoms with van der Waals surface area (Å²) < 4.78 is 1.73. The number of hydrogen-bond acceptors (Lipinski definition) is 4. The summed E-state index contributed by atoms with van der Waals surface area (Å²) >= 11 is 1.56. The Labute approximate surface area is 109 Å². The Morgan fingerprint density at radius 2 is 1.94 bits per heavy atom. The molecule has 0 aliphatic heterocycles. The van der Waals surface area contributed by atoms with Crippen molar-refractivity contribution in [2.24, 2.45) is 0 Å². The zero-order valence-corrected chi connectivity index (χ0v) is 11.6. The van der Waals surface area contributed by atoms with Crippen LogP contribution in [0, 0.1) is 27.7 Å². The zero-order valence-electron chi connectivity index (χ0n) is 10.8. The first-order valence-corrected chi connectivity index (χ1v) is 6.43. The summed E-state index contributed by atoms with van der Waals surface area (Å²) in [5, 5.41) is 14.1. The highest BCUT2D eigenvalue weighted by Gasteiger charge is 2.17. The second-order valence-electron chi connectivity index (χ2n) is 4.27. The molecule has 2 heterocycles. The Morgan fingerprint density at radius 3 is 2.44 bits per heavy atom. The van der Waals surface area contributed by atoms with Crippen LogP contribution in [0.15, 0.2) is 0 Å². The van der Waals surface area contributed by atoms with E-state index in [9.17, 15) is 4.79 Å². The second kappa shape index (κ2) is 4.53. The van der Waals surface area contributed by atoms with Gasteiger partial charge in [0.1, 0.15) is 0 Å². The molecule has 18 heavy (non-hydrogen) atoms. The van der Waals surface area contributed by atoms with Crippen LogP contribution in [-0.2, 0) is 11.2 Å². The normalized spacial score (nSPS) is 10.9. The summed E-state index contributed by atoms with van der Waals surface area (Å²) in [7, 11) is 0. The third-order valence-electron chi connectivity index (χ3n) is 2.97. The molecule has 2 aromatic rings. The van der Waals surface area contributed by atoms with Gasteiger partial charge in [0, 0.05) is 16.1 Å². The van der Waals surface area contributed by atoms with Gasteiger partial charge in [0.05, 0.1) is 17.8 Å². The van der Waals surface area contributed by atoms with Crippen molar-refractivity contribution in [3.8, 4) is 5.13 Å². The zero-order chi connectivity index (χ0) is 13.4. The number of aliphatic carboxylic acids is 1. The molecule has 0 aromatic carbocycles. The lowest BCUT2D eigenvalue weighted by atomic mass is 10.1. The number of aryl methyl sites for hydroxylation is 3. The number of thiazole rings is 1. The fraction of sp³-hybridized carbons (Fsp3) is 0.417. The predicted octanol–water partition coefficient (Wildman–Crippen LogP) is 2.19. The first-order valence-electron chi connectivity index (χ1n) is 5.61. The molecular formula is C12H15N3O2S. The predicted molar refractivity (Wildman–Crippen MR) is 69.5 cm³/mol. The van der Waals surface area contributed by atoms with E-state index in [4.69, 9.17) is 5.11 Å². The molecule has 0 saturated heterocycles. The SMILES string of the molecule is Cc1nc(-n2nc(C)c(CC(=O)O)c2C)sc1C. The van der Waals surface area contributed by atoms with Crippen LogP contribution in [0.25, 0.3) is 5.13 Å². The highest BCUT2D eigenvalue weighted by atomic mass is 32.1. The first kappa shape index (κ1) is 12.8. The number of hydrogen-bond donors (Lipinski definition) is 1. The molecule has 96 valence electrons. The van der Waals surface area contributed by atoms with Crippen LogP contribution < -0.4 is 0 Å². The van der Waals surface area contributed by atoms with Crippen LogP contribution in [0.2, 0.25) is 0 Å². The number of nitrogens with zero attached hydrogens (tertiary/aromatic N) is 3. The van der Waals surface area contributed by atoms with Crippen LogP contribution in [0.1, 0.15) is 27.5 Å². The van der Waals surface area contributed by atoms with Gasteiger partial charge in [-0.05, 0) is 27.7 Å². The maximum absolute atomic E-state index is 10.8. The van der Waals surface area contributed by atoms with Crippen molar-refractivity contribution >= 4 is 17.3 Å². The Kier molecular flexibility index (Phi) is 3.21. The fourth-order valence-corrected chi connectivity index (χ4v) is 2.73. The molecule has 0 aliphatic rings. The lowest BCUT2D eigenvalue weighted by molar-refractivity contribution is -0.136. The first-order chi connectivity index (χ1) is 8.40. The Morgan fingerprint density at radius 1 is 1.28 bits per heavy atom. The maximum Gasteiger partial charge on any atom is 0.307 e. The van der Waals surface area contributed by atoms with Gasteiger partial charge >= 0.3 is 5.97 Å². The van der Waals surface area contributed by atoms with Crippen LogP contribution in [0.5, 0.6) is 0 Å². The average Bonchev–Trinajstić information content (AvgIpc) is 2.73. The van der Waals surface area contributed by atoms with Crippen molar-refractivity contribution < 1.29 is 9.90 Å². The van der Waals surface area contributed by atoms with Crippen molar-refractivity contribution in [1.29, 1.82) is 0 Å². The van der Waals surface area contributed by atoms with Crippen LogP contribution in [0.4, 0.5) is 0 Å². The molecule has 0 aliphatic carbocycles. The smallest absolute Gasteiger partial charge is 0.307 e. The van der Waals surface area contributed by atoms with Gasteiger partial charge in [-0.15, -0.1) is 0 Å². The highest BCUT2D eigenvalue weighted by Crippen LogP contribution is 2.24. The van der Waals surface area contributed by atoms with E-state index in [1.807, 2.05) is 27.7 Å². The van der Waals surface area contributed by atoms with Crippen LogP contribution in [0.3, 0.4) is 0 Å². The van der Waals surface area contributed by atoms with Gasteiger partial charge in [0.2, 0.25) is 5.13 Å². The van der Waals surface area contributed by atoms with Gasteiger partial charge in [-0.25, -0.2) is 9.67 Å². The number of carbonyl (C=O) groups is 1. The maximum atomic E-state index is 10.8. The number of rotatable bonds is 3. The molecule has 0 bridgehead atoms. The molecule has 1 N–H and O–H groups in total. The van der Waals surface area contributed by atoms with E-state index >= 15 is 0 Å². The summed E-state index contributed by atoms with van der Waals surface area (Å²) in [5.74, 6) is -0.841. The molecule has 2 rings (SSSR count). The Bertz CT molecular complexity index is 594. The minimum Gasteiger partial charge on any atom is -0.481 e. The van der Waals surface area contributed by atoms with E-state index < -0.39 is 5.97 Å². The molecular weight excluding hydrogens is 250 g/mol. The van der Waals surface area contributed by atoms with E-state index in [-0.39, 0.29) is 6.42 Å². The molecule has 6 heteroatoms. The van der Waals surface area contributed by atoms with Gasteiger partial charge in [-0.2, -0.15) is 5.10 Å². The van der Waals surface area contributed by atoms with Crippen LogP contribution in [-0.4, -0.2) is 25.8 Å². The van der Waals surface area contributed by atoms with Crippen molar-refractivity contribution in [1.82, 2.24) is 14.8 Å². The molecule has 0 saturated carbocycles. The summed E-state index contributed by atoms with van der Waals surface area (Å²) in [5.41, 5.74) is 3.36. The standard InChI is InChI=1S/C12H15N3O2S/c1-6-9(4)18-12(13-6)15-8(3)10(5-11(16)17)7(2)14-15/h5H2,1-4H3,(H,16,17). The lowest BCUT2D eigenvalue weighted by Crippen LogP contribution is -2.03. The average molecular weight is 265 g/mol. The van der Waals surface area contributed by atoms with Crippen molar-refractivity contribution in [2.75, 3.05) is 0 Å². The Balaban J connectivity index is 2.49. The third kappa shape index (κ3) is 2.15. The van der Waals surface area contributed by atoms with Crippen molar-refractivity contribution in [3.05, 3.63) is 27.5 Å². The van der Waals surface area contributed by atoms with E-state index in [0.29, 0.717) is 0 Å². The van der Waals surface area contributed by atoms with E-state index in [1.165, 1.54) is 0 Å². The van der Waals surface area contributed by atoms with Crippen molar-refractivity contribution in [3.63, 3.8) is 0 Å². The van der Waals surface area contributed by atoms with Gasteiger partial charge in [-0.3, -0.25) is 4.79 Å². The number of carboxylic acids is 1. The van der Waals surface area contributed by atoms with Gasteiger partial charge in [-0.1, -0.05) is 11.3 Å². The molecule has 0 fully saturated rings. The van der Waals surface area contributed by atoms with Gasteiger partial charge in [0.25, 0.3) is 0 Å². The summed E-state index contributed by atoms with van der Waals surface area (Å²) in [6.45, 7) is 7.68. The molecule has 0 unspecified atom stereocenters. The van der Waals surface area contributed by atoms with Crippen molar-refractivity contribution in [2.45, 2.75) is 34.1 Å². The van der Waals surface area contributed by atoms with E-state index in [0.717, 1.165) is 32.7 Å². The Hall–Kier alpha value is -1.69. The monoisotopic (exact) mass is 265 g/mol. The number of aromatic nitrogens is 3. The molecule has 2 aromatic heterocycles. The molecule has 0 atom stereocenters. The number of carboxylic acid groups (broad SMARTS) is 1. The topological polar surface area (TPSA) is 68.0 Å². The van der Waals surface area contributed by atoms with Gasteiger partial charge < -0.3 is 5.11 Å². The summed E-state index contributed by atoms with van der Waals surface area (Å²) in [4.78, 5) is 16.4. The third-order valence-corrected chi connectivity index (χ3v) is 4.02. The highest BCUT2D eigenvalue weighted by molar-refractivity contribution is 7.14. The quantitative estimate of drug-likeness (QED) is 0.923. The van der Waals surface area contributed by atoms with Gasteiger partial charge in [0.15, 0.2) is 0 Å². The minimum atomic E-state index is -0.841. The summed E-state index contributed by atoms with van der Waals surface area (Å²) in [6, 6.07) is 0. The largest absolute Gasteiger partial charge is 0.481 e. The lowest BCUT2D eigenvalue weighted by Gasteiger charge is -1.99. The molecule has 0 radical (unpaired) electrons. The second-order valence-corrected chi connectivity index (χ2v) is 5.45. The van der Waals surface area contributed by atoms with E-state index in [2.05, 4.69) is 10.1 Å². The fourth-order valence-electron chi connectivity index (χ4n) is 1.81.